The van der Waals surface area contributed by atoms with Crippen LogP contribution in [0.1, 0.15) is 73.6 Å². The number of allylic oxidation sites excluding steroid dienone is 2. The molecule has 0 saturated carbocycles. The molecule has 28 heavy (non-hydrogen) atoms. The molecule has 0 fully saturated rings. The highest BCUT2D eigenvalue weighted by atomic mass is 28.3. The van der Waals surface area contributed by atoms with Crippen LogP contribution in [-0.2, 0) is 17.9 Å². The predicted molar refractivity (Wildman–Crippen MR) is 120 cm³/mol. The maximum Gasteiger partial charge on any atom is 0.183 e. The Bertz CT molecular complexity index is 711. The first kappa shape index (κ1) is 21.6. The van der Waals surface area contributed by atoms with E-state index >= 15 is 0 Å². The van der Waals surface area contributed by atoms with E-state index in [9.17, 15) is 4.79 Å². The molecule has 3 aliphatic rings. The number of rotatable bonds is 6. The van der Waals surface area contributed by atoms with Gasteiger partial charge in [-0.25, -0.2) is 0 Å². The summed E-state index contributed by atoms with van der Waals surface area (Å²) in [4.78, 5) is 13.5. The molecule has 2 atom stereocenters. The van der Waals surface area contributed by atoms with Gasteiger partial charge in [-0.3, -0.25) is 4.79 Å². The third-order valence-electron chi connectivity index (χ3n) is 6.37. The zero-order valence-corrected chi connectivity index (χ0v) is 19.6. The number of hydrogen-bond acceptors (Lipinski definition) is 2. The van der Waals surface area contributed by atoms with Gasteiger partial charge >= 0.3 is 0 Å². The van der Waals surface area contributed by atoms with Gasteiger partial charge in [-0.05, 0) is 68.0 Å². The zero-order valence-electron chi connectivity index (χ0n) is 18.6. The van der Waals surface area contributed by atoms with Gasteiger partial charge in [0.25, 0.3) is 0 Å². The van der Waals surface area contributed by atoms with Crippen LogP contribution in [0.4, 0.5) is 0 Å². The quantitative estimate of drug-likeness (QED) is 0.313. The summed E-state index contributed by atoms with van der Waals surface area (Å²) in [6, 6.07) is 3.52. The highest BCUT2D eigenvalue weighted by Gasteiger charge is 2.43. The summed E-state index contributed by atoms with van der Waals surface area (Å²) in [6.07, 6.45) is 11.2. The van der Waals surface area contributed by atoms with Crippen LogP contribution in [0, 0.1) is 11.8 Å². The molecule has 0 N–H and O–H groups in total. The Morgan fingerprint density at radius 1 is 1.18 bits per heavy atom. The maximum atomic E-state index is 13.5. The Kier molecular flexibility index (Phi) is 7.03. The molecule has 2 heterocycles. The van der Waals surface area contributed by atoms with Crippen LogP contribution in [0.5, 0.6) is 0 Å². The van der Waals surface area contributed by atoms with Crippen molar-refractivity contribution in [2.24, 2.45) is 11.8 Å². The Balaban J connectivity index is 1.89. The monoisotopic (exact) mass is 401 g/mol. The number of Topliss-reactive ketones (excluding diaryl/α,β-unsaturated/α-hetero) is 1. The summed E-state index contributed by atoms with van der Waals surface area (Å²) < 4.78 is 8.35. The molecule has 2 aliphatic carbocycles. The van der Waals surface area contributed by atoms with E-state index in [1.165, 1.54) is 30.1 Å². The van der Waals surface area contributed by atoms with E-state index in [1.807, 2.05) is 0 Å². The fourth-order valence-corrected chi connectivity index (χ4v) is 5.57. The molecule has 4 heteroatoms. The van der Waals surface area contributed by atoms with Crippen LogP contribution < -0.4 is 0 Å². The number of carbonyl (C=O) groups is 1. The van der Waals surface area contributed by atoms with Crippen LogP contribution in [0.15, 0.2) is 18.2 Å². The van der Waals surface area contributed by atoms with Gasteiger partial charge in [0.2, 0.25) is 0 Å². The van der Waals surface area contributed by atoms with Crippen LogP contribution in [0.3, 0.4) is 0 Å². The molecular formula is C24H39NO2Si. The standard InChI is InChI=1S/C24H39NO2Si/c1-18(2)22-20-13-11-9-7-6-8-10-12-19-16-21(22)23(24(20)26)25(19)17-27-14-15-28(3,4)5/h7,9,16,18,20,22H,6,8,10-15,17H2,1-5H3/b9-7-/t20-,22-/m0/s1. The number of nitrogens with zero attached hydrogens (tertiary/aromatic N) is 1. The van der Waals surface area contributed by atoms with Gasteiger partial charge < -0.3 is 9.30 Å². The summed E-state index contributed by atoms with van der Waals surface area (Å²) in [5.74, 6) is 1.35. The van der Waals surface area contributed by atoms with Gasteiger partial charge in [0, 0.05) is 26.3 Å². The highest BCUT2D eigenvalue weighted by Crippen LogP contribution is 2.46. The molecule has 1 aliphatic heterocycles. The van der Waals surface area contributed by atoms with E-state index in [0.717, 1.165) is 38.0 Å². The van der Waals surface area contributed by atoms with Gasteiger partial charge in [-0.2, -0.15) is 0 Å². The number of hydrogen-bond donors (Lipinski definition) is 0. The summed E-state index contributed by atoms with van der Waals surface area (Å²) in [5.41, 5.74) is 3.57. The molecule has 1 aromatic heterocycles. The molecule has 1 aromatic rings. The Labute approximate surface area is 172 Å². The van der Waals surface area contributed by atoms with Crippen LogP contribution in [0.25, 0.3) is 0 Å². The zero-order chi connectivity index (χ0) is 20.3. The molecule has 0 radical (unpaired) electrons. The minimum absolute atomic E-state index is 0.137. The number of aromatic nitrogens is 1. The minimum Gasteiger partial charge on any atom is -0.361 e. The van der Waals surface area contributed by atoms with Crippen molar-refractivity contribution in [3.8, 4) is 0 Å². The first-order valence-corrected chi connectivity index (χ1v) is 15.0. The molecule has 0 saturated heterocycles. The lowest BCUT2D eigenvalue weighted by Gasteiger charge is -2.22. The number of aryl methyl sites for hydroxylation is 1. The van der Waals surface area contributed by atoms with Gasteiger partial charge in [-0.1, -0.05) is 45.6 Å². The van der Waals surface area contributed by atoms with Crippen LogP contribution >= 0.6 is 0 Å². The number of fused-ring (bicyclic) bond motifs is 6. The van der Waals surface area contributed by atoms with Gasteiger partial charge in [-0.15, -0.1) is 0 Å². The van der Waals surface area contributed by atoms with Crippen LogP contribution in [0.2, 0.25) is 25.7 Å². The highest BCUT2D eigenvalue weighted by molar-refractivity contribution is 6.76. The summed E-state index contributed by atoms with van der Waals surface area (Å²) >= 11 is 0. The molecule has 0 aromatic carbocycles. The molecule has 4 bridgehead atoms. The summed E-state index contributed by atoms with van der Waals surface area (Å²) in [5, 5.41) is 0. The van der Waals surface area contributed by atoms with Gasteiger partial charge in [0.1, 0.15) is 6.73 Å². The largest absolute Gasteiger partial charge is 0.361 e. The van der Waals surface area contributed by atoms with Crippen molar-refractivity contribution >= 4 is 13.9 Å². The molecule has 0 spiro atoms. The van der Waals surface area contributed by atoms with Crippen molar-refractivity contribution in [3.63, 3.8) is 0 Å². The van der Waals surface area contributed by atoms with E-state index in [2.05, 4.69) is 56.3 Å². The lowest BCUT2D eigenvalue weighted by molar-refractivity contribution is 0.0767. The molecule has 0 unspecified atom stereocenters. The van der Waals surface area contributed by atoms with Crippen molar-refractivity contribution in [3.05, 3.63) is 35.2 Å². The topological polar surface area (TPSA) is 31.2 Å². The molecular weight excluding hydrogens is 362 g/mol. The average molecular weight is 402 g/mol. The maximum absolute atomic E-state index is 13.5. The van der Waals surface area contributed by atoms with Crippen molar-refractivity contribution in [2.75, 3.05) is 6.61 Å². The minimum atomic E-state index is -1.10. The Morgan fingerprint density at radius 3 is 2.64 bits per heavy atom. The third-order valence-corrected chi connectivity index (χ3v) is 8.08. The lowest BCUT2D eigenvalue weighted by atomic mass is 9.80. The molecule has 4 rings (SSSR count). The van der Waals surface area contributed by atoms with E-state index in [-0.39, 0.29) is 5.92 Å². The average Bonchev–Trinajstić information content (AvgIpc) is 3.09. The second-order valence-corrected chi connectivity index (χ2v) is 15.9. The van der Waals surface area contributed by atoms with E-state index in [4.69, 9.17) is 4.74 Å². The van der Waals surface area contributed by atoms with E-state index in [1.54, 1.807) is 0 Å². The van der Waals surface area contributed by atoms with Crippen LogP contribution in [-0.4, -0.2) is 25.0 Å². The second-order valence-electron chi connectivity index (χ2n) is 10.3. The summed E-state index contributed by atoms with van der Waals surface area (Å²) in [7, 11) is -1.10. The fourth-order valence-electron chi connectivity index (χ4n) is 4.81. The fraction of sp³-hybridized carbons (Fsp3) is 0.708. The number of ether oxygens (including phenoxy) is 1. The molecule has 0 amide bonds. The lowest BCUT2D eigenvalue weighted by Crippen LogP contribution is -2.23. The van der Waals surface area contributed by atoms with E-state index in [0.29, 0.717) is 24.3 Å². The van der Waals surface area contributed by atoms with Crippen molar-refractivity contribution in [1.82, 2.24) is 4.57 Å². The SMILES string of the molecule is CC(C)[C@@H]1c2cc3n(COCC[Si](C)(C)C)c2C(=O)[C@H]1CC/C=C\CCCC3. The van der Waals surface area contributed by atoms with Crippen molar-refractivity contribution in [1.29, 1.82) is 0 Å². The van der Waals surface area contributed by atoms with Crippen molar-refractivity contribution in [2.45, 2.75) is 90.7 Å². The summed E-state index contributed by atoms with van der Waals surface area (Å²) in [6.45, 7) is 13.0. The molecule has 156 valence electrons. The normalized spacial score (nSPS) is 24.3. The van der Waals surface area contributed by atoms with Crippen molar-refractivity contribution < 1.29 is 9.53 Å². The number of carbonyl (C=O) groups excluding carboxylic acids is 1. The smallest absolute Gasteiger partial charge is 0.183 e. The first-order valence-electron chi connectivity index (χ1n) is 11.3. The number of ketones is 1. The molecule has 3 nitrogen and oxygen atoms in total. The van der Waals surface area contributed by atoms with Gasteiger partial charge in [0.15, 0.2) is 5.78 Å². The van der Waals surface area contributed by atoms with Gasteiger partial charge in [0.05, 0.1) is 5.69 Å². The Hall–Kier alpha value is -1.13. The Morgan fingerprint density at radius 2 is 1.93 bits per heavy atom. The predicted octanol–water partition coefficient (Wildman–Crippen LogP) is 6.42. The first-order chi connectivity index (χ1) is 13.3. The van der Waals surface area contributed by atoms with E-state index < -0.39 is 8.07 Å². The second kappa shape index (κ2) is 9.13. The third kappa shape index (κ3) is 4.88.